The first-order chi connectivity index (χ1) is 12.0. The lowest BCUT2D eigenvalue weighted by Crippen LogP contribution is -3.15. The summed E-state index contributed by atoms with van der Waals surface area (Å²) in [6.07, 6.45) is 0. The normalized spacial score (nSPS) is 15.2. The molecule has 1 amide bonds. The van der Waals surface area contributed by atoms with E-state index in [2.05, 4.69) is 10.2 Å². The van der Waals surface area contributed by atoms with Gasteiger partial charge >= 0.3 is 0 Å². The standard InChI is InChI=1S/C19H21Cl2N3O/c1-14-12-15(20)6-7-17(14)22-19(25)13-23-8-10-24(11-9-23)18-5-3-2-4-16(18)21/h2-7,12H,8-11,13H2,1H3,(H,22,25)/p+1. The van der Waals surface area contributed by atoms with Gasteiger partial charge in [-0.05, 0) is 42.8 Å². The Morgan fingerprint density at radius 1 is 1.16 bits per heavy atom. The van der Waals surface area contributed by atoms with Gasteiger partial charge in [0.25, 0.3) is 5.91 Å². The summed E-state index contributed by atoms with van der Waals surface area (Å²) in [4.78, 5) is 15.9. The van der Waals surface area contributed by atoms with Crippen LogP contribution in [-0.2, 0) is 4.79 Å². The number of hydrogen-bond donors (Lipinski definition) is 2. The van der Waals surface area contributed by atoms with Crippen molar-refractivity contribution in [1.29, 1.82) is 0 Å². The molecule has 6 heteroatoms. The molecule has 25 heavy (non-hydrogen) atoms. The number of quaternary nitrogens is 1. The molecule has 0 bridgehead atoms. The van der Waals surface area contributed by atoms with E-state index in [1.54, 1.807) is 6.07 Å². The first-order valence-corrected chi connectivity index (χ1v) is 9.17. The number of aryl methyl sites for hydroxylation is 1. The number of hydrogen-bond acceptors (Lipinski definition) is 2. The maximum absolute atomic E-state index is 12.3. The fraction of sp³-hybridized carbons (Fsp3) is 0.316. The SMILES string of the molecule is Cc1cc(Cl)ccc1NC(=O)C[NH+]1CCN(c2ccccc2Cl)CC1. The van der Waals surface area contributed by atoms with E-state index in [0.717, 1.165) is 48.1 Å². The highest BCUT2D eigenvalue weighted by molar-refractivity contribution is 6.33. The molecule has 0 atom stereocenters. The Kier molecular flexibility index (Phi) is 5.84. The van der Waals surface area contributed by atoms with Crippen molar-refractivity contribution >= 4 is 40.5 Å². The van der Waals surface area contributed by atoms with Gasteiger partial charge in [0.15, 0.2) is 6.54 Å². The number of carbonyl (C=O) groups is 1. The van der Waals surface area contributed by atoms with Crippen LogP contribution >= 0.6 is 23.2 Å². The highest BCUT2D eigenvalue weighted by Gasteiger charge is 2.23. The quantitative estimate of drug-likeness (QED) is 0.857. The second-order valence-corrected chi connectivity index (χ2v) is 7.22. The summed E-state index contributed by atoms with van der Waals surface area (Å²) < 4.78 is 0. The highest BCUT2D eigenvalue weighted by Crippen LogP contribution is 2.24. The first-order valence-electron chi connectivity index (χ1n) is 8.42. The number of nitrogens with zero attached hydrogens (tertiary/aromatic N) is 1. The third-order valence-corrected chi connectivity index (χ3v) is 5.09. The zero-order chi connectivity index (χ0) is 17.8. The summed E-state index contributed by atoms with van der Waals surface area (Å²) in [5.41, 5.74) is 2.87. The van der Waals surface area contributed by atoms with E-state index in [0.29, 0.717) is 11.6 Å². The fourth-order valence-corrected chi connectivity index (χ4v) is 3.62. The van der Waals surface area contributed by atoms with Gasteiger partial charge in [0.05, 0.1) is 36.9 Å². The minimum absolute atomic E-state index is 0.0339. The van der Waals surface area contributed by atoms with Crippen molar-refractivity contribution in [3.8, 4) is 0 Å². The molecule has 1 heterocycles. The predicted octanol–water partition coefficient (Wildman–Crippen LogP) is 2.65. The second-order valence-electron chi connectivity index (χ2n) is 6.37. The largest absolute Gasteiger partial charge is 0.359 e. The number of piperazine rings is 1. The summed E-state index contributed by atoms with van der Waals surface area (Å²) in [7, 11) is 0. The molecule has 0 saturated carbocycles. The van der Waals surface area contributed by atoms with Gasteiger partial charge < -0.3 is 15.1 Å². The van der Waals surface area contributed by atoms with Crippen LogP contribution in [0.2, 0.25) is 10.0 Å². The molecular weight excluding hydrogens is 357 g/mol. The molecule has 0 spiro atoms. The Morgan fingerprint density at radius 3 is 2.56 bits per heavy atom. The van der Waals surface area contributed by atoms with Crippen LogP contribution in [-0.4, -0.2) is 38.6 Å². The third kappa shape index (κ3) is 4.66. The molecule has 0 aromatic heterocycles. The van der Waals surface area contributed by atoms with Crippen molar-refractivity contribution in [1.82, 2.24) is 0 Å². The number of amides is 1. The zero-order valence-electron chi connectivity index (χ0n) is 14.2. The zero-order valence-corrected chi connectivity index (χ0v) is 15.7. The van der Waals surface area contributed by atoms with Crippen molar-refractivity contribution in [3.05, 3.63) is 58.1 Å². The predicted molar refractivity (Wildman–Crippen MR) is 104 cm³/mol. The number of para-hydroxylation sites is 1. The van der Waals surface area contributed by atoms with Crippen molar-refractivity contribution in [3.63, 3.8) is 0 Å². The topological polar surface area (TPSA) is 36.8 Å². The van der Waals surface area contributed by atoms with Crippen LogP contribution in [0.4, 0.5) is 11.4 Å². The van der Waals surface area contributed by atoms with Crippen LogP contribution in [0, 0.1) is 6.92 Å². The molecule has 3 rings (SSSR count). The van der Waals surface area contributed by atoms with Gasteiger partial charge in [-0.1, -0.05) is 35.3 Å². The number of nitrogens with one attached hydrogen (secondary N) is 2. The molecule has 1 fully saturated rings. The van der Waals surface area contributed by atoms with E-state index in [4.69, 9.17) is 23.2 Å². The van der Waals surface area contributed by atoms with Gasteiger partial charge in [-0.15, -0.1) is 0 Å². The van der Waals surface area contributed by atoms with Gasteiger partial charge in [0, 0.05) is 10.7 Å². The summed E-state index contributed by atoms with van der Waals surface area (Å²) >= 11 is 12.2. The average molecular weight is 379 g/mol. The van der Waals surface area contributed by atoms with Crippen LogP contribution in [0.3, 0.4) is 0 Å². The van der Waals surface area contributed by atoms with E-state index in [-0.39, 0.29) is 5.91 Å². The molecule has 1 aliphatic rings. The Hall–Kier alpha value is -1.75. The monoisotopic (exact) mass is 378 g/mol. The summed E-state index contributed by atoms with van der Waals surface area (Å²) in [6.45, 7) is 6.03. The molecule has 0 aliphatic carbocycles. The van der Waals surface area contributed by atoms with E-state index in [1.165, 1.54) is 4.90 Å². The van der Waals surface area contributed by atoms with Crippen LogP contribution in [0.1, 0.15) is 5.56 Å². The maximum atomic E-state index is 12.3. The molecule has 2 aromatic carbocycles. The van der Waals surface area contributed by atoms with Gasteiger partial charge in [-0.2, -0.15) is 0 Å². The lowest BCUT2D eigenvalue weighted by atomic mass is 10.2. The molecule has 0 radical (unpaired) electrons. The van der Waals surface area contributed by atoms with Gasteiger partial charge in [-0.25, -0.2) is 0 Å². The average Bonchev–Trinajstić information content (AvgIpc) is 2.59. The van der Waals surface area contributed by atoms with Crippen LogP contribution in [0.5, 0.6) is 0 Å². The Balaban J connectivity index is 1.52. The molecular formula is C19H22Cl2N3O+. The summed E-state index contributed by atoms with van der Waals surface area (Å²) in [5.74, 6) is 0.0339. The Morgan fingerprint density at radius 2 is 1.88 bits per heavy atom. The van der Waals surface area contributed by atoms with Crippen LogP contribution < -0.4 is 15.1 Å². The third-order valence-electron chi connectivity index (χ3n) is 4.54. The van der Waals surface area contributed by atoms with Crippen LogP contribution in [0.25, 0.3) is 0 Å². The smallest absolute Gasteiger partial charge is 0.279 e. The molecule has 132 valence electrons. The van der Waals surface area contributed by atoms with E-state index in [1.807, 2.05) is 43.3 Å². The number of benzene rings is 2. The molecule has 1 saturated heterocycles. The second kappa shape index (κ2) is 8.09. The Bertz CT molecular complexity index is 758. The minimum atomic E-state index is 0.0339. The molecule has 2 N–H and O–H groups in total. The Labute approximate surface area is 158 Å². The summed E-state index contributed by atoms with van der Waals surface area (Å²) in [5, 5.41) is 4.44. The number of rotatable bonds is 4. The van der Waals surface area contributed by atoms with Crippen molar-refractivity contribution in [2.45, 2.75) is 6.92 Å². The van der Waals surface area contributed by atoms with Crippen molar-refractivity contribution in [2.75, 3.05) is 42.9 Å². The van der Waals surface area contributed by atoms with E-state index < -0.39 is 0 Å². The van der Waals surface area contributed by atoms with E-state index in [9.17, 15) is 4.79 Å². The minimum Gasteiger partial charge on any atom is -0.359 e. The van der Waals surface area contributed by atoms with Crippen molar-refractivity contribution < 1.29 is 9.69 Å². The first kappa shape index (κ1) is 18.1. The lowest BCUT2D eigenvalue weighted by Gasteiger charge is -2.33. The highest BCUT2D eigenvalue weighted by atomic mass is 35.5. The van der Waals surface area contributed by atoms with Gasteiger partial charge in [-0.3, -0.25) is 4.79 Å². The number of anilines is 2. The lowest BCUT2D eigenvalue weighted by molar-refractivity contribution is -0.892. The fourth-order valence-electron chi connectivity index (χ4n) is 3.14. The molecule has 4 nitrogen and oxygen atoms in total. The van der Waals surface area contributed by atoms with Gasteiger partial charge in [0.1, 0.15) is 0 Å². The van der Waals surface area contributed by atoms with Crippen LogP contribution in [0.15, 0.2) is 42.5 Å². The molecule has 2 aromatic rings. The number of halogens is 2. The molecule has 1 aliphatic heterocycles. The number of carbonyl (C=O) groups excluding carboxylic acids is 1. The maximum Gasteiger partial charge on any atom is 0.279 e. The van der Waals surface area contributed by atoms with Crippen molar-refractivity contribution in [2.24, 2.45) is 0 Å². The van der Waals surface area contributed by atoms with E-state index >= 15 is 0 Å². The summed E-state index contributed by atoms with van der Waals surface area (Å²) in [6, 6.07) is 13.4. The molecule has 0 unspecified atom stereocenters. The van der Waals surface area contributed by atoms with Gasteiger partial charge in [0.2, 0.25) is 0 Å².